The predicted molar refractivity (Wildman–Crippen MR) is 90.8 cm³/mol. The van der Waals surface area contributed by atoms with Crippen LogP contribution < -0.4 is 16.0 Å². The van der Waals surface area contributed by atoms with Crippen LogP contribution in [0.2, 0.25) is 0 Å². The van der Waals surface area contributed by atoms with Gasteiger partial charge in [-0.05, 0) is 50.2 Å². The molecule has 6 heteroatoms. The van der Waals surface area contributed by atoms with Crippen LogP contribution >= 0.6 is 0 Å². The molecule has 2 aromatic carbocycles. The van der Waals surface area contributed by atoms with Crippen LogP contribution in [0.5, 0.6) is 0 Å². The zero-order valence-electron chi connectivity index (χ0n) is 12.7. The number of hydrogen-bond acceptors (Lipinski definition) is 5. The standard InChI is InChI=1S/C16H20N4O2/c1-3-19(4-2)14-9-10-15(16(11-14)20(21)22)18-13-7-5-12(17)6-8-13/h5-11,18H,3-4,17H2,1-2H3. The number of nitro groups is 1. The number of anilines is 4. The summed E-state index contributed by atoms with van der Waals surface area (Å²) < 4.78 is 0. The molecule has 116 valence electrons. The maximum Gasteiger partial charge on any atom is 0.294 e. The minimum absolute atomic E-state index is 0.0567. The fourth-order valence-electron chi connectivity index (χ4n) is 2.28. The van der Waals surface area contributed by atoms with Crippen molar-refractivity contribution in [1.29, 1.82) is 0 Å². The molecular weight excluding hydrogens is 280 g/mol. The fraction of sp³-hybridized carbons (Fsp3) is 0.250. The minimum atomic E-state index is -0.368. The molecule has 3 N–H and O–H groups in total. The second kappa shape index (κ2) is 6.80. The van der Waals surface area contributed by atoms with E-state index < -0.39 is 0 Å². The van der Waals surface area contributed by atoms with Gasteiger partial charge in [0.1, 0.15) is 5.69 Å². The van der Waals surface area contributed by atoms with E-state index in [1.165, 1.54) is 0 Å². The number of nitro benzene ring substituents is 1. The Hall–Kier alpha value is -2.76. The molecule has 6 nitrogen and oxygen atoms in total. The van der Waals surface area contributed by atoms with Crippen molar-refractivity contribution in [2.45, 2.75) is 13.8 Å². The van der Waals surface area contributed by atoms with Crippen molar-refractivity contribution in [2.75, 3.05) is 29.0 Å². The van der Waals surface area contributed by atoms with Gasteiger partial charge < -0.3 is 16.0 Å². The largest absolute Gasteiger partial charge is 0.399 e. The maximum atomic E-state index is 11.3. The molecule has 2 rings (SSSR count). The van der Waals surface area contributed by atoms with Crippen molar-refractivity contribution in [3.8, 4) is 0 Å². The van der Waals surface area contributed by atoms with Crippen LogP contribution in [0.3, 0.4) is 0 Å². The number of nitrogens with two attached hydrogens (primary N) is 1. The Morgan fingerprint density at radius 3 is 2.32 bits per heavy atom. The first-order chi connectivity index (χ1) is 10.5. The summed E-state index contributed by atoms with van der Waals surface area (Å²) in [5.74, 6) is 0. The zero-order chi connectivity index (χ0) is 16.1. The Kier molecular flexibility index (Phi) is 4.83. The summed E-state index contributed by atoms with van der Waals surface area (Å²) in [5, 5.41) is 14.4. The molecule has 22 heavy (non-hydrogen) atoms. The van der Waals surface area contributed by atoms with Crippen molar-refractivity contribution in [3.05, 3.63) is 52.6 Å². The van der Waals surface area contributed by atoms with E-state index in [4.69, 9.17) is 5.73 Å². The van der Waals surface area contributed by atoms with Crippen LogP contribution in [0, 0.1) is 10.1 Å². The van der Waals surface area contributed by atoms with E-state index in [9.17, 15) is 10.1 Å². The summed E-state index contributed by atoms with van der Waals surface area (Å²) in [6, 6.07) is 12.3. The lowest BCUT2D eigenvalue weighted by atomic mass is 10.2. The molecule has 0 saturated carbocycles. The molecule has 0 aliphatic rings. The smallest absolute Gasteiger partial charge is 0.294 e. The number of nitrogen functional groups attached to an aromatic ring is 1. The number of nitrogens with zero attached hydrogens (tertiary/aromatic N) is 2. The Balaban J connectivity index is 2.34. The van der Waals surface area contributed by atoms with Gasteiger partial charge in [-0.1, -0.05) is 0 Å². The third kappa shape index (κ3) is 3.46. The third-order valence-electron chi connectivity index (χ3n) is 3.50. The number of nitrogens with one attached hydrogen (secondary N) is 1. The van der Waals surface area contributed by atoms with Gasteiger partial charge in [0.2, 0.25) is 0 Å². The molecule has 0 aliphatic carbocycles. The van der Waals surface area contributed by atoms with E-state index in [2.05, 4.69) is 10.2 Å². The third-order valence-corrected chi connectivity index (χ3v) is 3.50. The molecule has 0 saturated heterocycles. The van der Waals surface area contributed by atoms with Gasteiger partial charge in [-0.15, -0.1) is 0 Å². The lowest BCUT2D eigenvalue weighted by Crippen LogP contribution is -2.21. The molecule has 0 bridgehead atoms. The van der Waals surface area contributed by atoms with Gasteiger partial charge in [0.05, 0.1) is 4.92 Å². The molecule has 0 aromatic heterocycles. The molecule has 0 fully saturated rings. The summed E-state index contributed by atoms with van der Waals surface area (Å²) >= 11 is 0. The van der Waals surface area contributed by atoms with Crippen molar-refractivity contribution >= 4 is 28.4 Å². The van der Waals surface area contributed by atoms with Gasteiger partial charge in [-0.3, -0.25) is 10.1 Å². The SMILES string of the molecule is CCN(CC)c1ccc(Nc2ccc(N)cc2)c([N+](=O)[O-])c1. The topological polar surface area (TPSA) is 84.4 Å². The second-order valence-corrected chi connectivity index (χ2v) is 4.88. The Bertz CT molecular complexity index is 652. The van der Waals surface area contributed by atoms with Gasteiger partial charge in [-0.25, -0.2) is 0 Å². The highest BCUT2D eigenvalue weighted by Gasteiger charge is 2.16. The summed E-state index contributed by atoms with van der Waals surface area (Å²) in [7, 11) is 0. The average molecular weight is 300 g/mol. The molecule has 0 amide bonds. The first kappa shape index (κ1) is 15.6. The van der Waals surface area contributed by atoms with Crippen LogP contribution in [0.25, 0.3) is 0 Å². The fourth-order valence-corrected chi connectivity index (χ4v) is 2.28. The second-order valence-electron chi connectivity index (χ2n) is 4.88. The highest BCUT2D eigenvalue weighted by Crippen LogP contribution is 2.32. The van der Waals surface area contributed by atoms with Gasteiger partial charge in [0.25, 0.3) is 5.69 Å². The Morgan fingerprint density at radius 1 is 1.14 bits per heavy atom. The van der Waals surface area contributed by atoms with Crippen LogP contribution in [0.15, 0.2) is 42.5 Å². The molecule has 0 aliphatic heterocycles. The summed E-state index contributed by atoms with van der Waals surface area (Å²) in [5.41, 5.74) is 8.41. The van der Waals surface area contributed by atoms with Gasteiger partial charge >= 0.3 is 0 Å². The predicted octanol–water partition coefficient (Wildman–Crippen LogP) is 3.77. The number of benzene rings is 2. The average Bonchev–Trinajstić information content (AvgIpc) is 2.51. The molecule has 0 atom stereocenters. The molecular formula is C16H20N4O2. The summed E-state index contributed by atoms with van der Waals surface area (Å²) in [4.78, 5) is 13.0. The van der Waals surface area contributed by atoms with Crippen LogP contribution in [-0.4, -0.2) is 18.0 Å². The van der Waals surface area contributed by atoms with Gasteiger partial charge in [-0.2, -0.15) is 0 Å². The maximum absolute atomic E-state index is 11.3. The number of rotatable bonds is 6. The van der Waals surface area contributed by atoms with Crippen LogP contribution in [0.4, 0.5) is 28.4 Å². The molecule has 0 radical (unpaired) electrons. The van der Waals surface area contributed by atoms with Gasteiger partial charge in [0.15, 0.2) is 0 Å². The highest BCUT2D eigenvalue weighted by molar-refractivity contribution is 5.74. The lowest BCUT2D eigenvalue weighted by molar-refractivity contribution is -0.383. The van der Waals surface area contributed by atoms with E-state index in [1.54, 1.807) is 36.4 Å². The quantitative estimate of drug-likeness (QED) is 0.482. The zero-order valence-corrected chi connectivity index (χ0v) is 12.7. The highest BCUT2D eigenvalue weighted by atomic mass is 16.6. The first-order valence-electron chi connectivity index (χ1n) is 7.21. The van der Waals surface area contributed by atoms with E-state index in [-0.39, 0.29) is 10.6 Å². The normalized spacial score (nSPS) is 10.3. The van der Waals surface area contributed by atoms with Crippen LogP contribution in [0.1, 0.15) is 13.8 Å². The van der Waals surface area contributed by atoms with E-state index in [0.717, 1.165) is 24.5 Å². The Morgan fingerprint density at radius 2 is 1.77 bits per heavy atom. The van der Waals surface area contributed by atoms with Crippen molar-refractivity contribution in [1.82, 2.24) is 0 Å². The minimum Gasteiger partial charge on any atom is -0.399 e. The monoisotopic (exact) mass is 300 g/mol. The first-order valence-corrected chi connectivity index (χ1v) is 7.21. The van der Waals surface area contributed by atoms with Crippen molar-refractivity contribution in [2.24, 2.45) is 0 Å². The van der Waals surface area contributed by atoms with Crippen molar-refractivity contribution in [3.63, 3.8) is 0 Å². The summed E-state index contributed by atoms with van der Waals surface area (Å²) in [6.45, 7) is 5.66. The van der Waals surface area contributed by atoms with E-state index >= 15 is 0 Å². The Labute approximate surface area is 129 Å². The molecule has 0 spiro atoms. The number of hydrogen-bond donors (Lipinski definition) is 2. The van der Waals surface area contributed by atoms with Gasteiger partial charge in [0, 0.05) is 36.2 Å². The lowest BCUT2D eigenvalue weighted by Gasteiger charge is -2.21. The molecule has 0 heterocycles. The molecule has 0 unspecified atom stereocenters. The van der Waals surface area contributed by atoms with Crippen molar-refractivity contribution < 1.29 is 4.92 Å². The van der Waals surface area contributed by atoms with E-state index in [0.29, 0.717) is 11.4 Å². The summed E-state index contributed by atoms with van der Waals surface area (Å²) in [6.07, 6.45) is 0. The molecule has 2 aromatic rings. The van der Waals surface area contributed by atoms with Crippen LogP contribution in [-0.2, 0) is 0 Å². The van der Waals surface area contributed by atoms with E-state index in [1.807, 2.05) is 19.9 Å².